The first kappa shape index (κ1) is 11.9. The van der Waals surface area contributed by atoms with E-state index in [1.807, 2.05) is 6.07 Å². The number of benzene rings is 1. The molecule has 2 aromatic rings. The van der Waals surface area contributed by atoms with Crippen LogP contribution in [0.1, 0.15) is 22.8 Å². The molecule has 0 saturated heterocycles. The van der Waals surface area contributed by atoms with Gasteiger partial charge < -0.3 is 9.88 Å². The molecule has 1 aliphatic rings. The molecule has 0 bridgehead atoms. The number of rotatable bonds is 3. The zero-order chi connectivity index (χ0) is 13.1. The first-order chi connectivity index (χ1) is 9.38. The third-order valence-electron chi connectivity index (χ3n) is 3.54. The lowest BCUT2D eigenvalue weighted by atomic mass is 10.1. The number of aromatic nitrogens is 2. The van der Waals surface area contributed by atoms with Gasteiger partial charge in [-0.25, -0.2) is 4.98 Å². The van der Waals surface area contributed by atoms with E-state index in [0.717, 1.165) is 44.0 Å². The summed E-state index contributed by atoms with van der Waals surface area (Å²) in [6, 6.07) is 12.6. The van der Waals surface area contributed by atoms with Crippen LogP contribution in [0.25, 0.3) is 0 Å². The van der Waals surface area contributed by atoms with Crippen LogP contribution in [0.4, 0.5) is 0 Å². The Morgan fingerprint density at radius 2 is 2.11 bits per heavy atom. The predicted octanol–water partition coefficient (Wildman–Crippen LogP) is 1.64. The molecule has 3 rings (SSSR count). The van der Waals surface area contributed by atoms with Crippen LogP contribution in [0.2, 0.25) is 0 Å². The standard InChI is InChI=1S/C15H16N4/c16-10-13-14-11-17-8-9-19(14)15(18-13)7-6-12-4-2-1-3-5-12/h1-5,17H,6-9,11H2. The molecule has 96 valence electrons. The van der Waals surface area contributed by atoms with Gasteiger partial charge in [0.1, 0.15) is 11.9 Å². The summed E-state index contributed by atoms with van der Waals surface area (Å²) in [5.41, 5.74) is 2.93. The second kappa shape index (κ2) is 5.25. The van der Waals surface area contributed by atoms with Crippen molar-refractivity contribution in [3.05, 3.63) is 53.1 Å². The van der Waals surface area contributed by atoms with E-state index < -0.39 is 0 Å². The minimum absolute atomic E-state index is 0.579. The minimum atomic E-state index is 0.579. The highest BCUT2D eigenvalue weighted by Crippen LogP contribution is 2.16. The molecule has 0 unspecified atom stereocenters. The van der Waals surface area contributed by atoms with Gasteiger partial charge >= 0.3 is 0 Å². The van der Waals surface area contributed by atoms with Gasteiger partial charge in [-0.05, 0) is 12.0 Å². The monoisotopic (exact) mass is 252 g/mol. The Hall–Kier alpha value is -2.12. The summed E-state index contributed by atoms with van der Waals surface area (Å²) in [6.45, 7) is 2.61. The maximum atomic E-state index is 9.14. The lowest BCUT2D eigenvalue weighted by Crippen LogP contribution is -2.29. The molecule has 4 heteroatoms. The Labute approximate surface area is 112 Å². The average Bonchev–Trinajstić information content (AvgIpc) is 2.84. The highest BCUT2D eigenvalue weighted by molar-refractivity contribution is 5.30. The van der Waals surface area contributed by atoms with Crippen LogP contribution in [0, 0.1) is 11.3 Å². The van der Waals surface area contributed by atoms with Crippen molar-refractivity contribution in [3.63, 3.8) is 0 Å². The van der Waals surface area contributed by atoms with E-state index in [2.05, 4.69) is 45.2 Å². The SMILES string of the molecule is N#Cc1nc(CCc2ccccc2)n2c1CNCC2. The van der Waals surface area contributed by atoms with Crippen LogP contribution in [-0.4, -0.2) is 16.1 Å². The Kier molecular flexibility index (Phi) is 3.30. The third-order valence-corrected chi connectivity index (χ3v) is 3.54. The van der Waals surface area contributed by atoms with E-state index in [4.69, 9.17) is 5.26 Å². The van der Waals surface area contributed by atoms with Crippen LogP contribution < -0.4 is 5.32 Å². The fourth-order valence-corrected chi connectivity index (χ4v) is 2.56. The molecule has 0 atom stereocenters. The van der Waals surface area contributed by atoms with Gasteiger partial charge in [0.15, 0.2) is 5.69 Å². The Morgan fingerprint density at radius 3 is 2.89 bits per heavy atom. The highest BCUT2D eigenvalue weighted by Gasteiger charge is 2.19. The van der Waals surface area contributed by atoms with Gasteiger partial charge in [-0.2, -0.15) is 5.26 Å². The van der Waals surface area contributed by atoms with Crippen molar-refractivity contribution in [1.82, 2.24) is 14.9 Å². The van der Waals surface area contributed by atoms with Gasteiger partial charge in [-0.3, -0.25) is 0 Å². The van der Waals surface area contributed by atoms with Crippen molar-refractivity contribution in [3.8, 4) is 6.07 Å². The first-order valence-corrected chi connectivity index (χ1v) is 6.61. The summed E-state index contributed by atoms with van der Waals surface area (Å²) in [7, 11) is 0. The molecule has 0 spiro atoms. The second-order valence-electron chi connectivity index (χ2n) is 4.75. The largest absolute Gasteiger partial charge is 0.328 e. The molecule has 1 aromatic carbocycles. The zero-order valence-corrected chi connectivity index (χ0v) is 10.8. The molecule has 1 aromatic heterocycles. The van der Waals surface area contributed by atoms with Crippen molar-refractivity contribution in [2.45, 2.75) is 25.9 Å². The van der Waals surface area contributed by atoms with Gasteiger partial charge in [0.05, 0.1) is 5.69 Å². The van der Waals surface area contributed by atoms with E-state index >= 15 is 0 Å². The number of hydrogen-bond acceptors (Lipinski definition) is 3. The number of fused-ring (bicyclic) bond motifs is 1. The van der Waals surface area contributed by atoms with E-state index in [9.17, 15) is 0 Å². The second-order valence-corrected chi connectivity index (χ2v) is 4.75. The van der Waals surface area contributed by atoms with Crippen LogP contribution in [0.15, 0.2) is 30.3 Å². The molecule has 0 radical (unpaired) electrons. The fourth-order valence-electron chi connectivity index (χ4n) is 2.56. The summed E-state index contributed by atoms with van der Waals surface area (Å²) in [5.74, 6) is 1.04. The maximum absolute atomic E-state index is 9.14. The van der Waals surface area contributed by atoms with Gasteiger partial charge in [0.25, 0.3) is 0 Å². The minimum Gasteiger partial charge on any atom is -0.328 e. The highest BCUT2D eigenvalue weighted by atomic mass is 15.2. The fraction of sp³-hybridized carbons (Fsp3) is 0.333. The zero-order valence-electron chi connectivity index (χ0n) is 10.8. The summed E-state index contributed by atoms with van der Waals surface area (Å²) < 4.78 is 2.21. The molecular formula is C15H16N4. The lowest BCUT2D eigenvalue weighted by molar-refractivity contribution is 0.500. The predicted molar refractivity (Wildman–Crippen MR) is 72.5 cm³/mol. The molecule has 2 heterocycles. The average molecular weight is 252 g/mol. The number of nitrogens with zero attached hydrogens (tertiary/aromatic N) is 3. The van der Waals surface area contributed by atoms with Gasteiger partial charge in [0, 0.05) is 26.1 Å². The smallest absolute Gasteiger partial charge is 0.163 e. The van der Waals surface area contributed by atoms with Crippen LogP contribution >= 0.6 is 0 Å². The van der Waals surface area contributed by atoms with Crippen molar-refractivity contribution >= 4 is 0 Å². The van der Waals surface area contributed by atoms with Gasteiger partial charge in [-0.15, -0.1) is 0 Å². The Balaban J connectivity index is 1.82. The third kappa shape index (κ3) is 2.38. The summed E-state index contributed by atoms with van der Waals surface area (Å²) >= 11 is 0. The molecule has 1 aliphatic heterocycles. The van der Waals surface area contributed by atoms with Gasteiger partial charge in [-0.1, -0.05) is 30.3 Å². The normalized spacial score (nSPS) is 13.8. The number of nitrogens with one attached hydrogen (secondary N) is 1. The molecular weight excluding hydrogens is 236 g/mol. The quantitative estimate of drug-likeness (QED) is 0.903. The van der Waals surface area contributed by atoms with Crippen LogP contribution in [0.3, 0.4) is 0 Å². The van der Waals surface area contributed by atoms with Crippen molar-refractivity contribution in [2.75, 3.05) is 6.54 Å². The topological polar surface area (TPSA) is 53.6 Å². The number of nitriles is 1. The molecule has 19 heavy (non-hydrogen) atoms. The van der Waals surface area contributed by atoms with Crippen molar-refractivity contribution < 1.29 is 0 Å². The van der Waals surface area contributed by atoms with E-state index in [1.165, 1.54) is 5.56 Å². The molecule has 0 saturated carbocycles. The van der Waals surface area contributed by atoms with Crippen molar-refractivity contribution in [1.29, 1.82) is 5.26 Å². The molecule has 4 nitrogen and oxygen atoms in total. The van der Waals surface area contributed by atoms with E-state index in [1.54, 1.807) is 0 Å². The molecule has 0 aliphatic carbocycles. The lowest BCUT2D eigenvalue weighted by Gasteiger charge is -2.17. The molecule has 0 amide bonds. The maximum Gasteiger partial charge on any atom is 0.163 e. The van der Waals surface area contributed by atoms with Crippen LogP contribution in [0.5, 0.6) is 0 Å². The molecule has 0 fully saturated rings. The van der Waals surface area contributed by atoms with Crippen molar-refractivity contribution in [2.24, 2.45) is 0 Å². The Morgan fingerprint density at radius 1 is 1.26 bits per heavy atom. The number of imidazole rings is 1. The Bertz CT molecular complexity index is 607. The first-order valence-electron chi connectivity index (χ1n) is 6.61. The van der Waals surface area contributed by atoms with E-state index in [0.29, 0.717) is 5.69 Å². The van der Waals surface area contributed by atoms with Gasteiger partial charge in [0.2, 0.25) is 0 Å². The number of hydrogen-bond donors (Lipinski definition) is 1. The summed E-state index contributed by atoms with van der Waals surface area (Å²) in [5, 5.41) is 12.4. The van der Waals surface area contributed by atoms with E-state index in [-0.39, 0.29) is 0 Å². The summed E-state index contributed by atoms with van der Waals surface area (Å²) in [4.78, 5) is 4.49. The molecule has 1 N–H and O–H groups in total. The van der Waals surface area contributed by atoms with Crippen LogP contribution in [-0.2, 0) is 25.9 Å². The number of aryl methyl sites for hydroxylation is 2. The summed E-state index contributed by atoms with van der Waals surface area (Å²) in [6.07, 6.45) is 1.86.